The Balaban J connectivity index is 1.71. The van der Waals surface area contributed by atoms with Crippen molar-refractivity contribution in [3.63, 3.8) is 0 Å². The van der Waals surface area contributed by atoms with Gasteiger partial charge in [-0.05, 0) is 39.6 Å². The molecule has 7 nitrogen and oxygen atoms in total. The van der Waals surface area contributed by atoms with Gasteiger partial charge in [0, 0.05) is 5.69 Å². The number of nitrogens with zero attached hydrogens (tertiary/aromatic N) is 4. The summed E-state index contributed by atoms with van der Waals surface area (Å²) in [7, 11) is 1.59. The molecule has 1 aromatic heterocycles. The third-order valence-corrected chi connectivity index (χ3v) is 5.02. The van der Waals surface area contributed by atoms with E-state index in [0.29, 0.717) is 10.9 Å². The van der Waals surface area contributed by atoms with Crippen molar-refractivity contribution < 1.29 is 9.53 Å². The topological polar surface area (TPSA) is 81.9 Å². The highest BCUT2D eigenvalue weighted by atomic mass is 32.2. The van der Waals surface area contributed by atoms with Gasteiger partial charge in [0.25, 0.3) is 0 Å². The first kappa shape index (κ1) is 19.9. The zero-order chi connectivity index (χ0) is 20.1. The minimum absolute atomic E-state index is 0.0645. The SMILES string of the molecule is COc1ccccc1-n1nnnc1SCC(=O)Nc1ccccc1C(C)(C)C. The number of hydrogen-bond donors (Lipinski definition) is 1. The zero-order valence-corrected chi connectivity index (χ0v) is 17.2. The molecule has 0 atom stereocenters. The van der Waals surface area contributed by atoms with E-state index in [-0.39, 0.29) is 17.1 Å². The van der Waals surface area contributed by atoms with E-state index < -0.39 is 0 Å². The lowest BCUT2D eigenvalue weighted by molar-refractivity contribution is -0.113. The van der Waals surface area contributed by atoms with Crippen molar-refractivity contribution in [3.05, 3.63) is 54.1 Å². The Kier molecular flexibility index (Phi) is 5.99. The summed E-state index contributed by atoms with van der Waals surface area (Å²) in [6.45, 7) is 6.36. The number of anilines is 1. The normalized spacial score (nSPS) is 11.3. The van der Waals surface area contributed by atoms with Crippen LogP contribution in [0, 0.1) is 0 Å². The van der Waals surface area contributed by atoms with Crippen LogP contribution < -0.4 is 10.1 Å². The molecule has 3 rings (SSSR count). The first-order chi connectivity index (χ1) is 13.4. The highest BCUT2D eigenvalue weighted by molar-refractivity contribution is 7.99. The predicted octanol–water partition coefficient (Wildman–Crippen LogP) is 3.70. The Morgan fingerprint density at radius 1 is 1.14 bits per heavy atom. The van der Waals surface area contributed by atoms with Gasteiger partial charge in [-0.2, -0.15) is 4.68 Å². The number of carbonyl (C=O) groups excluding carboxylic acids is 1. The maximum absolute atomic E-state index is 12.5. The molecule has 28 heavy (non-hydrogen) atoms. The number of carbonyl (C=O) groups is 1. The number of rotatable bonds is 6. The van der Waals surface area contributed by atoms with Gasteiger partial charge < -0.3 is 10.1 Å². The number of ether oxygens (including phenoxy) is 1. The average molecular weight is 398 g/mol. The quantitative estimate of drug-likeness (QED) is 0.639. The van der Waals surface area contributed by atoms with E-state index in [1.54, 1.807) is 11.8 Å². The maximum Gasteiger partial charge on any atom is 0.234 e. The molecule has 0 fully saturated rings. The first-order valence-electron chi connectivity index (χ1n) is 8.84. The van der Waals surface area contributed by atoms with Crippen molar-refractivity contribution in [2.45, 2.75) is 31.3 Å². The molecule has 0 saturated heterocycles. The lowest BCUT2D eigenvalue weighted by atomic mass is 9.86. The molecule has 1 N–H and O–H groups in total. The molecule has 0 aliphatic heterocycles. The highest BCUT2D eigenvalue weighted by Crippen LogP contribution is 2.30. The smallest absolute Gasteiger partial charge is 0.234 e. The predicted molar refractivity (Wildman–Crippen MR) is 110 cm³/mol. The van der Waals surface area contributed by atoms with Crippen molar-refractivity contribution in [3.8, 4) is 11.4 Å². The molecule has 0 aliphatic rings. The third kappa shape index (κ3) is 4.51. The van der Waals surface area contributed by atoms with Gasteiger partial charge in [0.1, 0.15) is 11.4 Å². The van der Waals surface area contributed by atoms with Crippen LogP contribution in [0.4, 0.5) is 5.69 Å². The third-order valence-electron chi connectivity index (χ3n) is 4.10. The summed E-state index contributed by atoms with van der Waals surface area (Å²) in [4.78, 5) is 12.5. The molecule has 2 aromatic carbocycles. The number of nitrogens with one attached hydrogen (secondary N) is 1. The van der Waals surface area contributed by atoms with E-state index >= 15 is 0 Å². The van der Waals surface area contributed by atoms with Crippen molar-refractivity contribution in [2.75, 3.05) is 18.2 Å². The molecule has 0 saturated carbocycles. The number of aromatic nitrogens is 4. The number of methoxy groups -OCH3 is 1. The Morgan fingerprint density at radius 2 is 1.86 bits per heavy atom. The largest absolute Gasteiger partial charge is 0.494 e. The second kappa shape index (κ2) is 8.43. The summed E-state index contributed by atoms with van der Waals surface area (Å²) in [5, 5.41) is 15.3. The Bertz CT molecular complexity index is 965. The van der Waals surface area contributed by atoms with Gasteiger partial charge in [-0.15, -0.1) is 5.10 Å². The molecule has 3 aromatic rings. The van der Waals surface area contributed by atoms with E-state index in [9.17, 15) is 4.79 Å². The standard InChI is InChI=1S/C20H23N5O2S/c1-20(2,3)14-9-5-6-10-15(14)21-18(26)13-28-19-22-23-24-25(19)16-11-7-8-12-17(16)27-4/h5-12H,13H2,1-4H3,(H,21,26). The van der Waals surface area contributed by atoms with Crippen molar-refractivity contribution in [1.29, 1.82) is 0 Å². The van der Waals surface area contributed by atoms with E-state index in [1.165, 1.54) is 11.8 Å². The number of benzene rings is 2. The molecular weight excluding hydrogens is 374 g/mol. The van der Waals surface area contributed by atoms with Crippen molar-refractivity contribution in [2.24, 2.45) is 0 Å². The van der Waals surface area contributed by atoms with Crippen LogP contribution in [-0.4, -0.2) is 39.0 Å². The van der Waals surface area contributed by atoms with E-state index in [2.05, 4.69) is 41.6 Å². The summed E-state index contributed by atoms with van der Waals surface area (Å²) in [5.74, 6) is 0.727. The number of hydrogen-bond acceptors (Lipinski definition) is 6. The Hall–Kier alpha value is -2.87. The Labute approximate surface area is 168 Å². The minimum atomic E-state index is -0.115. The number of thioether (sulfide) groups is 1. The van der Waals surface area contributed by atoms with Crippen LogP contribution in [0.3, 0.4) is 0 Å². The van der Waals surface area contributed by atoms with Gasteiger partial charge >= 0.3 is 0 Å². The number of para-hydroxylation sites is 3. The molecule has 146 valence electrons. The lowest BCUT2D eigenvalue weighted by Crippen LogP contribution is -2.20. The van der Waals surface area contributed by atoms with Crippen molar-refractivity contribution in [1.82, 2.24) is 20.2 Å². The number of amides is 1. The minimum Gasteiger partial charge on any atom is -0.494 e. The maximum atomic E-state index is 12.5. The first-order valence-corrected chi connectivity index (χ1v) is 9.82. The fourth-order valence-electron chi connectivity index (χ4n) is 2.79. The Morgan fingerprint density at radius 3 is 2.61 bits per heavy atom. The van der Waals surface area contributed by atoms with E-state index in [0.717, 1.165) is 16.9 Å². The average Bonchev–Trinajstić information content (AvgIpc) is 3.14. The molecule has 0 unspecified atom stereocenters. The molecular formula is C20H23N5O2S. The molecule has 8 heteroatoms. The van der Waals surface area contributed by atoms with Gasteiger partial charge in [0.05, 0.1) is 12.9 Å². The highest BCUT2D eigenvalue weighted by Gasteiger charge is 2.19. The summed E-state index contributed by atoms with van der Waals surface area (Å²) in [6, 6.07) is 15.3. The summed E-state index contributed by atoms with van der Waals surface area (Å²) >= 11 is 1.27. The molecule has 1 amide bonds. The fraction of sp³-hybridized carbons (Fsp3) is 0.300. The zero-order valence-electron chi connectivity index (χ0n) is 16.3. The van der Waals surface area contributed by atoms with Crippen LogP contribution in [-0.2, 0) is 10.2 Å². The number of tetrazole rings is 1. The molecule has 0 spiro atoms. The van der Waals surface area contributed by atoms with Crippen molar-refractivity contribution >= 4 is 23.4 Å². The van der Waals surface area contributed by atoms with Crippen LogP contribution >= 0.6 is 11.8 Å². The van der Waals surface area contributed by atoms with Crippen LogP contribution in [0.1, 0.15) is 26.3 Å². The van der Waals surface area contributed by atoms with Crippen LogP contribution in [0.5, 0.6) is 5.75 Å². The summed E-state index contributed by atoms with van der Waals surface area (Å²) in [5.41, 5.74) is 2.57. The summed E-state index contributed by atoms with van der Waals surface area (Å²) in [6.07, 6.45) is 0. The summed E-state index contributed by atoms with van der Waals surface area (Å²) < 4.78 is 6.94. The molecule has 0 radical (unpaired) electrons. The van der Waals surface area contributed by atoms with Crippen LogP contribution in [0.15, 0.2) is 53.7 Å². The van der Waals surface area contributed by atoms with Gasteiger partial charge in [0.2, 0.25) is 11.1 Å². The second-order valence-corrected chi connectivity index (χ2v) is 8.12. The van der Waals surface area contributed by atoms with Gasteiger partial charge in [-0.25, -0.2) is 0 Å². The monoisotopic (exact) mass is 397 g/mol. The lowest BCUT2D eigenvalue weighted by Gasteiger charge is -2.22. The van der Waals surface area contributed by atoms with Gasteiger partial charge in [-0.3, -0.25) is 4.79 Å². The van der Waals surface area contributed by atoms with Crippen LogP contribution in [0.2, 0.25) is 0 Å². The molecule has 0 bridgehead atoms. The van der Waals surface area contributed by atoms with Gasteiger partial charge in [-0.1, -0.05) is 62.9 Å². The van der Waals surface area contributed by atoms with E-state index in [1.807, 2.05) is 48.5 Å². The second-order valence-electron chi connectivity index (χ2n) is 7.18. The molecule has 0 aliphatic carbocycles. The molecule has 1 heterocycles. The van der Waals surface area contributed by atoms with Crippen LogP contribution in [0.25, 0.3) is 5.69 Å². The van der Waals surface area contributed by atoms with Gasteiger partial charge in [0.15, 0.2) is 0 Å². The fourth-order valence-corrected chi connectivity index (χ4v) is 3.47. The van der Waals surface area contributed by atoms with E-state index in [4.69, 9.17) is 4.74 Å².